The molecular formula is C18H18N2O5. The lowest BCUT2D eigenvalue weighted by Gasteiger charge is -2.14. The molecule has 7 nitrogen and oxygen atoms in total. The maximum atomic E-state index is 12.3. The topological polar surface area (TPSA) is 89.7 Å². The summed E-state index contributed by atoms with van der Waals surface area (Å²) in [5.41, 5.74) is 1.50. The molecule has 1 aliphatic heterocycles. The van der Waals surface area contributed by atoms with Crippen molar-refractivity contribution in [2.24, 2.45) is 0 Å². The maximum absolute atomic E-state index is 12.3. The summed E-state index contributed by atoms with van der Waals surface area (Å²) in [5, 5.41) is 3.80. The molecule has 130 valence electrons. The summed E-state index contributed by atoms with van der Waals surface area (Å²) in [6, 6.07) is 6.62. The zero-order valence-corrected chi connectivity index (χ0v) is 14.2. The summed E-state index contributed by atoms with van der Waals surface area (Å²) in [6.07, 6.45) is 0. The molecule has 2 heterocycles. The van der Waals surface area contributed by atoms with Gasteiger partial charge in [-0.2, -0.15) is 0 Å². The normalized spacial score (nSPS) is 13.5. The van der Waals surface area contributed by atoms with Crippen LogP contribution in [-0.2, 0) is 4.74 Å². The predicted molar refractivity (Wildman–Crippen MR) is 87.4 cm³/mol. The molecule has 0 aliphatic carbocycles. The van der Waals surface area contributed by atoms with Crippen LogP contribution in [0.5, 0.6) is 0 Å². The van der Waals surface area contributed by atoms with Gasteiger partial charge in [0.2, 0.25) is 0 Å². The molecule has 2 aromatic rings. The first-order valence-electron chi connectivity index (χ1n) is 8.00. The number of ether oxygens (including phenoxy) is 1. The summed E-state index contributed by atoms with van der Waals surface area (Å²) < 4.78 is 10.4. The van der Waals surface area contributed by atoms with Crippen LogP contribution in [-0.4, -0.2) is 41.0 Å². The Bertz CT molecular complexity index is 818. The Hall–Kier alpha value is -2.96. The van der Waals surface area contributed by atoms with Gasteiger partial charge in [0.1, 0.15) is 12.2 Å². The smallest absolute Gasteiger partial charge is 0.343 e. The second-order valence-corrected chi connectivity index (χ2v) is 6.11. The van der Waals surface area contributed by atoms with Crippen molar-refractivity contribution in [3.05, 3.63) is 52.4 Å². The van der Waals surface area contributed by atoms with Crippen molar-refractivity contribution in [1.82, 2.24) is 10.1 Å². The molecule has 0 fully saturated rings. The third kappa shape index (κ3) is 2.93. The van der Waals surface area contributed by atoms with E-state index in [1.807, 2.05) is 13.8 Å². The Kier molecular flexibility index (Phi) is 4.39. The van der Waals surface area contributed by atoms with Gasteiger partial charge in [-0.25, -0.2) is 4.79 Å². The minimum atomic E-state index is -0.570. The van der Waals surface area contributed by atoms with E-state index in [-0.39, 0.29) is 30.9 Å². The molecular weight excluding hydrogens is 324 g/mol. The second kappa shape index (κ2) is 6.51. The number of nitrogens with zero attached hydrogens (tertiary/aromatic N) is 2. The second-order valence-electron chi connectivity index (χ2n) is 6.11. The molecule has 3 rings (SSSR count). The number of aromatic nitrogens is 1. The van der Waals surface area contributed by atoms with Crippen LogP contribution in [0.4, 0.5) is 0 Å². The van der Waals surface area contributed by atoms with Crippen molar-refractivity contribution in [3.63, 3.8) is 0 Å². The third-order valence-corrected chi connectivity index (χ3v) is 4.04. The van der Waals surface area contributed by atoms with E-state index < -0.39 is 5.97 Å². The van der Waals surface area contributed by atoms with E-state index in [9.17, 15) is 14.4 Å². The maximum Gasteiger partial charge on any atom is 0.343 e. The van der Waals surface area contributed by atoms with Crippen molar-refractivity contribution in [2.75, 3.05) is 13.2 Å². The van der Waals surface area contributed by atoms with E-state index in [0.717, 1.165) is 4.90 Å². The number of rotatable bonds is 5. The van der Waals surface area contributed by atoms with E-state index in [2.05, 4.69) is 5.16 Å². The molecule has 7 heteroatoms. The number of hydrogen-bond donors (Lipinski definition) is 0. The zero-order valence-electron chi connectivity index (χ0n) is 14.2. The molecule has 0 bridgehead atoms. The third-order valence-electron chi connectivity index (χ3n) is 4.04. The molecule has 1 aromatic heterocycles. The molecule has 25 heavy (non-hydrogen) atoms. The monoisotopic (exact) mass is 342 g/mol. The van der Waals surface area contributed by atoms with Crippen LogP contribution in [0.3, 0.4) is 0 Å². The zero-order chi connectivity index (χ0) is 18.1. The van der Waals surface area contributed by atoms with Gasteiger partial charge in [0, 0.05) is 5.92 Å². The van der Waals surface area contributed by atoms with Crippen LogP contribution in [0, 0.1) is 6.92 Å². The van der Waals surface area contributed by atoms with Crippen LogP contribution in [0.15, 0.2) is 28.8 Å². The molecule has 0 spiro atoms. The fourth-order valence-electron chi connectivity index (χ4n) is 2.77. The largest absolute Gasteiger partial charge is 0.460 e. The highest BCUT2D eigenvalue weighted by atomic mass is 16.5. The van der Waals surface area contributed by atoms with Gasteiger partial charge in [0.05, 0.1) is 23.4 Å². The van der Waals surface area contributed by atoms with Crippen LogP contribution in [0.2, 0.25) is 0 Å². The van der Waals surface area contributed by atoms with Crippen LogP contribution >= 0.6 is 0 Å². The fraction of sp³-hybridized carbons (Fsp3) is 0.333. The van der Waals surface area contributed by atoms with Crippen LogP contribution < -0.4 is 0 Å². The van der Waals surface area contributed by atoms with Gasteiger partial charge >= 0.3 is 5.97 Å². The Morgan fingerprint density at radius 3 is 2.36 bits per heavy atom. The first kappa shape index (κ1) is 16.9. The number of fused-ring (bicyclic) bond motifs is 1. The number of benzene rings is 1. The quantitative estimate of drug-likeness (QED) is 0.613. The van der Waals surface area contributed by atoms with Gasteiger partial charge in [-0.05, 0) is 19.1 Å². The summed E-state index contributed by atoms with van der Waals surface area (Å²) >= 11 is 0. The number of aryl methyl sites for hydroxylation is 1. The van der Waals surface area contributed by atoms with E-state index in [4.69, 9.17) is 9.26 Å². The first-order valence-corrected chi connectivity index (χ1v) is 8.00. The number of imide groups is 1. The van der Waals surface area contributed by atoms with E-state index >= 15 is 0 Å². The van der Waals surface area contributed by atoms with Crippen molar-refractivity contribution in [1.29, 1.82) is 0 Å². The molecule has 1 aliphatic rings. The molecule has 0 radical (unpaired) electrons. The number of amides is 2. The minimum Gasteiger partial charge on any atom is -0.460 e. The molecule has 0 saturated heterocycles. The van der Waals surface area contributed by atoms with E-state index in [1.165, 1.54) is 0 Å². The summed E-state index contributed by atoms with van der Waals surface area (Å²) in [4.78, 5) is 37.9. The van der Waals surface area contributed by atoms with Crippen LogP contribution in [0.25, 0.3) is 0 Å². The Morgan fingerprint density at radius 2 is 1.80 bits per heavy atom. The fourth-order valence-corrected chi connectivity index (χ4v) is 2.77. The van der Waals surface area contributed by atoms with Crippen molar-refractivity contribution < 1.29 is 23.6 Å². The number of hydrogen-bond acceptors (Lipinski definition) is 6. The van der Waals surface area contributed by atoms with Gasteiger partial charge in [-0.15, -0.1) is 0 Å². The average Bonchev–Trinajstić information content (AvgIpc) is 3.09. The standard InChI is InChI=1S/C18H18N2O5/c1-10(2)15-14(11(3)19-25-15)18(23)24-9-8-20-16(21)12-6-4-5-7-13(12)17(20)22/h4-7,10H,8-9H2,1-3H3. The number of esters is 1. The lowest BCUT2D eigenvalue weighted by Crippen LogP contribution is -2.33. The van der Waals surface area contributed by atoms with Crippen molar-refractivity contribution in [2.45, 2.75) is 26.7 Å². The van der Waals surface area contributed by atoms with Crippen molar-refractivity contribution >= 4 is 17.8 Å². The van der Waals surface area contributed by atoms with Gasteiger partial charge in [-0.3, -0.25) is 14.5 Å². The Morgan fingerprint density at radius 1 is 1.20 bits per heavy atom. The lowest BCUT2D eigenvalue weighted by molar-refractivity contribution is 0.0417. The van der Waals surface area contributed by atoms with E-state index in [1.54, 1.807) is 31.2 Å². The van der Waals surface area contributed by atoms with Gasteiger partial charge in [0.15, 0.2) is 5.76 Å². The van der Waals surface area contributed by atoms with E-state index in [0.29, 0.717) is 28.1 Å². The molecule has 0 atom stereocenters. The van der Waals surface area contributed by atoms with Gasteiger partial charge in [-0.1, -0.05) is 31.1 Å². The summed E-state index contributed by atoms with van der Waals surface area (Å²) in [5.74, 6) is -0.872. The molecule has 2 amide bonds. The molecule has 0 N–H and O–H groups in total. The highest BCUT2D eigenvalue weighted by molar-refractivity contribution is 6.21. The Labute approximate surface area is 144 Å². The highest BCUT2D eigenvalue weighted by Gasteiger charge is 2.35. The Balaban J connectivity index is 1.65. The lowest BCUT2D eigenvalue weighted by atomic mass is 10.1. The number of carbonyl (C=O) groups excluding carboxylic acids is 3. The van der Waals surface area contributed by atoms with Crippen LogP contribution in [0.1, 0.15) is 62.3 Å². The molecule has 1 aromatic carbocycles. The van der Waals surface area contributed by atoms with Gasteiger partial charge in [0.25, 0.3) is 11.8 Å². The number of carbonyl (C=O) groups is 3. The highest BCUT2D eigenvalue weighted by Crippen LogP contribution is 2.24. The minimum absolute atomic E-state index is 0.000569. The predicted octanol–water partition coefficient (Wildman–Crippen LogP) is 2.56. The molecule has 0 unspecified atom stereocenters. The molecule has 0 saturated carbocycles. The summed E-state index contributed by atoms with van der Waals surface area (Å²) in [6.45, 7) is 5.34. The average molecular weight is 342 g/mol. The SMILES string of the molecule is Cc1noc(C(C)C)c1C(=O)OCCN1C(=O)c2ccccc2C1=O. The van der Waals surface area contributed by atoms with Crippen molar-refractivity contribution in [3.8, 4) is 0 Å². The van der Waals surface area contributed by atoms with Gasteiger partial charge < -0.3 is 9.26 Å². The first-order chi connectivity index (χ1) is 11.9. The summed E-state index contributed by atoms with van der Waals surface area (Å²) in [7, 11) is 0.